The van der Waals surface area contributed by atoms with Gasteiger partial charge in [-0.05, 0) is 130 Å². The zero-order valence-corrected chi connectivity index (χ0v) is 38.9. The van der Waals surface area contributed by atoms with Crippen molar-refractivity contribution in [3.8, 4) is 0 Å². The molecule has 1 saturated heterocycles. The standard InChI is InChI=1S/C49H76O11/c1-15-26(3)41(54)58-37-29(6)56-43(36(53)38(37)59-42(55)27(4)16-2)60-39-40(57-30(7)51)49(25-50)32(23-44(39,8)9)31-17-18-34-46(12)21-19-28(5)45(10,11)33(46)20-22-47(34,13)48(31,14)24-35(49)52/h15-17,28-29,32-40,43,50,52-53H,18-25H2,1-14H3/b26-15-,27-16-/t28-,29?,32?,33?,34?,35-,36?,37-,38+,39-,40+,43-,46-,47+,48+,49-/m0/s1. The van der Waals surface area contributed by atoms with Gasteiger partial charge in [0.2, 0.25) is 0 Å². The number of aliphatic hydroxyl groups is 3. The summed E-state index contributed by atoms with van der Waals surface area (Å²) >= 11 is 0. The quantitative estimate of drug-likeness (QED) is 0.0721. The minimum Gasteiger partial charge on any atom is -0.459 e. The number of ether oxygens (including phenoxy) is 5. The smallest absolute Gasteiger partial charge is 0.333 e. The van der Waals surface area contributed by atoms with Gasteiger partial charge in [-0.3, -0.25) is 4.79 Å². The van der Waals surface area contributed by atoms with E-state index in [1.54, 1.807) is 46.8 Å². The van der Waals surface area contributed by atoms with Crippen LogP contribution < -0.4 is 0 Å². The number of aliphatic hydroxyl groups excluding tert-OH is 3. The third-order valence-electron chi connectivity index (χ3n) is 18.2. The second kappa shape index (κ2) is 16.2. The van der Waals surface area contributed by atoms with Crippen molar-refractivity contribution < 1.29 is 53.4 Å². The molecule has 0 aromatic carbocycles. The largest absolute Gasteiger partial charge is 0.459 e. The fourth-order valence-electron chi connectivity index (χ4n) is 13.8. The second-order valence-electron chi connectivity index (χ2n) is 21.8. The summed E-state index contributed by atoms with van der Waals surface area (Å²) in [5.41, 5.74) is -0.380. The van der Waals surface area contributed by atoms with Gasteiger partial charge in [-0.15, -0.1) is 0 Å². The number of carbonyl (C=O) groups is 3. The van der Waals surface area contributed by atoms with E-state index in [0.29, 0.717) is 41.7 Å². The molecule has 0 bridgehead atoms. The Kier molecular flexibility index (Phi) is 12.7. The van der Waals surface area contributed by atoms with E-state index in [0.717, 1.165) is 19.3 Å². The summed E-state index contributed by atoms with van der Waals surface area (Å²) < 4.78 is 31.0. The van der Waals surface area contributed by atoms with Crippen molar-refractivity contribution in [2.45, 2.75) is 191 Å². The SMILES string of the molecule is C/C=C(/C)C(=O)O[C@@H]1C(O)[C@H](O[C@H]2[C@@H](OC(C)=O)[C@@]3(CO)C(CC2(C)C)C2=CCC4[C@@]5(C)CC[C@H](C)C(C)(C)C5CC[C@@]4(C)[C@]2(C)C[C@@H]3O)OC(C)[C@@H]1OC(=O)/C(C)=C\C. The predicted molar refractivity (Wildman–Crippen MR) is 227 cm³/mol. The van der Waals surface area contributed by atoms with Crippen molar-refractivity contribution in [1.29, 1.82) is 0 Å². The first-order valence-corrected chi connectivity index (χ1v) is 22.7. The van der Waals surface area contributed by atoms with Gasteiger partial charge < -0.3 is 39.0 Å². The monoisotopic (exact) mass is 841 g/mol. The summed E-state index contributed by atoms with van der Waals surface area (Å²) in [6, 6.07) is 0. The molecule has 0 radical (unpaired) electrons. The van der Waals surface area contributed by atoms with Gasteiger partial charge in [-0.2, -0.15) is 0 Å². The van der Waals surface area contributed by atoms with Gasteiger partial charge in [0.15, 0.2) is 18.5 Å². The number of rotatable bonds is 8. The van der Waals surface area contributed by atoms with Crippen LogP contribution in [-0.4, -0.2) is 88.9 Å². The van der Waals surface area contributed by atoms with Crippen molar-refractivity contribution in [3.63, 3.8) is 0 Å². The average Bonchev–Trinajstić information content (AvgIpc) is 3.17. The van der Waals surface area contributed by atoms with Gasteiger partial charge in [0.05, 0.1) is 24.2 Å². The average molecular weight is 841 g/mol. The highest BCUT2D eigenvalue weighted by atomic mass is 16.7. The second-order valence-corrected chi connectivity index (χ2v) is 21.8. The van der Waals surface area contributed by atoms with E-state index in [2.05, 4.69) is 47.6 Å². The van der Waals surface area contributed by atoms with E-state index in [4.69, 9.17) is 23.7 Å². The summed E-state index contributed by atoms with van der Waals surface area (Å²) in [7, 11) is 0. The van der Waals surface area contributed by atoms with Crippen LogP contribution in [0.4, 0.5) is 0 Å². The molecule has 4 saturated carbocycles. The van der Waals surface area contributed by atoms with Crippen LogP contribution in [0.25, 0.3) is 0 Å². The zero-order valence-electron chi connectivity index (χ0n) is 38.9. The fourth-order valence-corrected chi connectivity index (χ4v) is 13.8. The van der Waals surface area contributed by atoms with E-state index in [1.165, 1.54) is 25.3 Å². The highest BCUT2D eigenvalue weighted by Gasteiger charge is 2.73. The number of hydrogen-bond donors (Lipinski definition) is 3. The van der Waals surface area contributed by atoms with Crippen LogP contribution >= 0.6 is 0 Å². The molecule has 6 aliphatic rings. The van der Waals surface area contributed by atoms with Crippen LogP contribution in [0.2, 0.25) is 0 Å². The van der Waals surface area contributed by atoms with E-state index >= 15 is 0 Å². The lowest BCUT2D eigenvalue weighted by atomic mass is 9.32. The molecule has 16 atom stereocenters. The summed E-state index contributed by atoms with van der Waals surface area (Å²) in [4.78, 5) is 39.4. The number of fused-ring (bicyclic) bond motifs is 7. The lowest BCUT2D eigenvalue weighted by Gasteiger charge is -2.72. The summed E-state index contributed by atoms with van der Waals surface area (Å²) in [5, 5.41) is 36.6. The maximum atomic E-state index is 13.2. The van der Waals surface area contributed by atoms with Gasteiger partial charge in [0.1, 0.15) is 18.3 Å². The minimum atomic E-state index is -1.64. The van der Waals surface area contributed by atoms with Gasteiger partial charge >= 0.3 is 17.9 Å². The van der Waals surface area contributed by atoms with E-state index < -0.39 is 84.4 Å². The lowest BCUT2D eigenvalue weighted by Crippen LogP contribution is -2.73. The molecule has 6 rings (SSSR count). The third-order valence-corrected chi connectivity index (χ3v) is 18.2. The molecule has 11 heteroatoms. The van der Waals surface area contributed by atoms with E-state index in [1.807, 2.05) is 13.8 Å². The molecule has 60 heavy (non-hydrogen) atoms. The van der Waals surface area contributed by atoms with Crippen LogP contribution in [0.1, 0.15) is 142 Å². The number of allylic oxidation sites excluding steroid dienone is 4. The third kappa shape index (κ3) is 7.07. The molecule has 5 unspecified atom stereocenters. The van der Waals surface area contributed by atoms with Crippen LogP contribution in [0.15, 0.2) is 34.9 Å². The van der Waals surface area contributed by atoms with Gasteiger partial charge in [0.25, 0.3) is 0 Å². The van der Waals surface area contributed by atoms with Crippen LogP contribution in [0.3, 0.4) is 0 Å². The molecule has 1 aliphatic heterocycles. The van der Waals surface area contributed by atoms with Crippen molar-refractivity contribution in [1.82, 2.24) is 0 Å². The van der Waals surface area contributed by atoms with E-state index in [9.17, 15) is 29.7 Å². The molecular weight excluding hydrogens is 765 g/mol. The zero-order chi connectivity index (χ0) is 44.7. The Morgan fingerprint density at radius 2 is 1.42 bits per heavy atom. The number of esters is 3. The number of hydrogen-bond acceptors (Lipinski definition) is 11. The van der Waals surface area contributed by atoms with Crippen LogP contribution in [0.5, 0.6) is 0 Å². The van der Waals surface area contributed by atoms with Gasteiger partial charge in [-0.1, -0.05) is 79.2 Å². The van der Waals surface area contributed by atoms with Crippen molar-refractivity contribution >= 4 is 17.9 Å². The Hall–Kier alpha value is -2.57. The first kappa shape index (κ1) is 46.9. The molecule has 0 aromatic rings. The van der Waals surface area contributed by atoms with Crippen molar-refractivity contribution in [3.05, 3.63) is 34.9 Å². The molecule has 5 aliphatic carbocycles. The Labute approximate surface area is 359 Å². The molecular formula is C49H76O11. The first-order valence-electron chi connectivity index (χ1n) is 22.7. The minimum absolute atomic E-state index is 0.116. The molecule has 338 valence electrons. The van der Waals surface area contributed by atoms with Gasteiger partial charge in [0, 0.05) is 18.1 Å². The first-order chi connectivity index (χ1) is 27.8. The lowest BCUT2D eigenvalue weighted by molar-refractivity contribution is -0.342. The molecule has 1 heterocycles. The molecule has 5 fully saturated rings. The van der Waals surface area contributed by atoms with Crippen LogP contribution in [0, 0.1) is 56.2 Å². The molecule has 0 aromatic heterocycles. The van der Waals surface area contributed by atoms with Crippen LogP contribution in [-0.2, 0) is 38.1 Å². The predicted octanol–water partition coefficient (Wildman–Crippen LogP) is 7.79. The maximum absolute atomic E-state index is 13.2. The van der Waals surface area contributed by atoms with Gasteiger partial charge in [-0.25, -0.2) is 9.59 Å². The Bertz CT molecular complexity index is 1780. The normalized spacial score (nSPS) is 46.0. The Morgan fingerprint density at radius 1 is 0.817 bits per heavy atom. The Balaban J connectivity index is 1.38. The molecule has 11 nitrogen and oxygen atoms in total. The molecule has 3 N–H and O–H groups in total. The highest BCUT2D eigenvalue weighted by Crippen LogP contribution is 2.76. The summed E-state index contributed by atoms with van der Waals surface area (Å²) in [5.74, 6) is -0.623. The summed E-state index contributed by atoms with van der Waals surface area (Å²) in [6.45, 7) is 27.8. The van der Waals surface area contributed by atoms with Crippen molar-refractivity contribution in [2.75, 3.05) is 6.61 Å². The topological polar surface area (TPSA) is 158 Å². The molecule has 0 spiro atoms. The summed E-state index contributed by atoms with van der Waals surface area (Å²) in [6.07, 6.45) is 2.20. The van der Waals surface area contributed by atoms with E-state index in [-0.39, 0.29) is 27.6 Å². The molecule has 0 amide bonds. The van der Waals surface area contributed by atoms with Crippen molar-refractivity contribution in [2.24, 2.45) is 56.2 Å². The Morgan fingerprint density at radius 3 is 1.98 bits per heavy atom. The number of carbonyl (C=O) groups excluding carboxylic acids is 3. The highest BCUT2D eigenvalue weighted by molar-refractivity contribution is 5.88. The fraction of sp³-hybridized carbons (Fsp3) is 0.816. The maximum Gasteiger partial charge on any atom is 0.333 e.